The van der Waals surface area contributed by atoms with E-state index < -0.39 is 16.1 Å². The lowest BCUT2D eigenvalue weighted by Crippen LogP contribution is -2.52. The van der Waals surface area contributed by atoms with Gasteiger partial charge in [0.25, 0.3) is 0 Å². The fourth-order valence-electron chi connectivity index (χ4n) is 4.80. The standard InChI is InChI=1S/C32H56N2OSi2/c1-23(2)33-27-19-15-17-25(29(27)36(11,12)31(5,6)7)21-35-22-26-18-16-20-28(34-24(3)4)30(26)37(13,14)32(8,9)10/h15-20,23-24,33-34H,21-22H2,1-14H3. The smallest absolute Gasteiger partial charge is 0.0891 e. The van der Waals surface area contributed by atoms with Gasteiger partial charge in [-0.25, -0.2) is 0 Å². The predicted molar refractivity (Wildman–Crippen MR) is 173 cm³/mol. The summed E-state index contributed by atoms with van der Waals surface area (Å²) in [6, 6.07) is 14.2. The van der Waals surface area contributed by atoms with Gasteiger partial charge in [-0.1, -0.05) is 92.0 Å². The van der Waals surface area contributed by atoms with Crippen molar-refractivity contribution >= 4 is 37.9 Å². The van der Waals surface area contributed by atoms with Crippen molar-refractivity contribution in [2.75, 3.05) is 10.6 Å². The average Bonchev–Trinajstić information content (AvgIpc) is 2.71. The Balaban J connectivity index is 2.49. The summed E-state index contributed by atoms with van der Waals surface area (Å²) in [7, 11) is -3.61. The summed E-state index contributed by atoms with van der Waals surface area (Å²) in [5, 5.41) is 11.0. The second-order valence-corrected chi connectivity index (χ2v) is 25.0. The number of hydrogen-bond donors (Lipinski definition) is 2. The molecule has 0 spiro atoms. The van der Waals surface area contributed by atoms with Gasteiger partial charge in [-0.05, 0) is 71.4 Å². The molecule has 37 heavy (non-hydrogen) atoms. The highest BCUT2D eigenvalue weighted by molar-refractivity contribution is 6.94. The Morgan fingerprint density at radius 2 is 0.946 bits per heavy atom. The molecular formula is C32H56N2OSi2. The molecule has 2 N–H and O–H groups in total. The van der Waals surface area contributed by atoms with Gasteiger partial charge in [-0.15, -0.1) is 0 Å². The molecule has 0 aliphatic heterocycles. The van der Waals surface area contributed by atoms with Crippen molar-refractivity contribution in [2.45, 2.75) is 131 Å². The Bertz CT molecular complexity index is 960. The van der Waals surface area contributed by atoms with E-state index in [0.29, 0.717) is 25.3 Å². The summed E-state index contributed by atoms with van der Waals surface area (Å²) in [5.41, 5.74) is 5.24. The van der Waals surface area contributed by atoms with Crippen LogP contribution in [0.25, 0.3) is 0 Å². The molecule has 2 aromatic carbocycles. The molecular weight excluding hydrogens is 485 g/mol. The molecule has 0 aromatic heterocycles. The molecule has 0 amide bonds. The summed E-state index contributed by atoms with van der Waals surface area (Å²) in [5.74, 6) is 0. The molecule has 0 aliphatic carbocycles. The summed E-state index contributed by atoms with van der Waals surface area (Å²) in [6.07, 6.45) is 0. The third kappa shape index (κ3) is 7.30. The van der Waals surface area contributed by atoms with Gasteiger partial charge in [0.2, 0.25) is 0 Å². The van der Waals surface area contributed by atoms with Gasteiger partial charge in [0.15, 0.2) is 0 Å². The van der Waals surface area contributed by atoms with Crippen molar-refractivity contribution in [3.63, 3.8) is 0 Å². The van der Waals surface area contributed by atoms with E-state index in [2.05, 4.69) is 142 Å². The van der Waals surface area contributed by atoms with Crippen LogP contribution >= 0.6 is 0 Å². The lowest BCUT2D eigenvalue weighted by molar-refractivity contribution is 0.108. The van der Waals surface area contributed by atoms with Gasteiger partial charge in [-0.2, -0.15) is 0 Å². The van der Waals surface area contributed by atoms with E-state index in [9.17, 15) is 0 Å². The van der Waals surface area contributed by atoms with Crippen LogP contribution < -0.4 is 21.0 Å². The summed E-state index contributed by atoms with van der Waals surface area (Å²) < 4.78 is 6.61. The second kappa shape index (κ2) is 11.7. The zero-order chi connectivity index (χ0) is 28.4. The second-order valence-electron chi connectivity index (χ2n) is 14.5. The topological polar surface area (TPSA) is 33.3 Å². The van der Waals surface area contributed by atoms with E-state index in [1.807, 2.05) is 0 Å². The first kappa shape index (κ1) is 31.7. The zero-order valence-electron chi connectivity index (χ0n) is 26.4. The monoisotopic (exact) mass is 540 g/mol. The fourth-order valence-corrected chi connectivity index (χ4v) is 9.87. The predicted octanol–water partition coefficient (Wildman–Crippen LogP) is 8.48. The highest BCUT2D eigenvalue weighted by Gasteiger charge is 2.41. The molecule has 0 heterocycles. The minimum atomic E-state index is -1.80. The molecule has 0 unspecified atom stereocenters. The maximum atomic E-state index is 6.61. The molecule has 0 aliphatic rings. The summed E-state index contributed by atoms with van der Waals surface area (Å²) in [6.45, 7) is 34.6. The van der Waals surface area contributed by atoms with Crippen molar-refractivity contribution in [3.05, 3.63) is 47.5 Å². The average molecular weight is 541 g/mol. The minimum Gasteiger partial charge on any atom is -0.383 e. The van der Waals surface area contributed by atoms with Gasteiger partial charge in [0.1, 0.15) is 0 Å². The molecule has 2 rings (SSSR count). The molecule has 208 valence electrons. The van der Waals surface area contributed by atoms with E-state index in [0.717, 1.165) is 0 Å². The van der Waals surface area contributed by atoms with Crippen LogP contribution in [-0.4, -0.2) is 28.2 Å². The van der Waals surface area contributed by atoms with Crippen LogP contribution in [-0.2, 0) is 18.0 Å². The van der Waals surface area contributed by atoms with Crippen LogP contribution in [0.3, 0.4) is 0 Å². The van der Waals surface area contributed by atoms with Crippen molar-refractivity contribution < 1.29 is 4.74 Å². The molecule has 0 saturated heterocycles. The first-order valence-electron chi connectivity index (χ1n) is 14.2. The van der Waals surface area contributed by atoms with Crippen molar-refractivity contribution in [1.29, 1.82) is 0 Å². The van der Waals surface area contributed by atoms with Gasteiger partial charge in [0.05, 0.1) is 29.4 Å². The number of nitrogens with one attached hydrogen (secondary N) is 2. The van der Waals surface area contributed by atoms with Gasteiger partial charge in [0, 0.05) is 23.5 Å². The van der Waals surface area contributed by atoms with Gasteiger partial charge < -0.3 is 15.4 Å². The normalized spacial score (nSPS) is 13.4. The summed E-state index contributed by atoms with van der Waals surface area (Å²) >= 11 is 0. The molecule has 3 nitrogen and oxygen atoms in total. The molecule has 0 bridgehead atoms. The van der Waals surface area contributed by atoms with Crippen LogP contribution in [0.5, 0.6) is 0 Å². The molecule has 0 atom stereocenters. The fraction of sp³-hybridized carbons (Fsp3) is 0.625. The number of ether oxygens (including phenoxy) is 1. The quantitative estimate of drug-likeness (QED) is 0.296. The first-order valence-corrected chi connectivity index (χ1v) is 20.2. The minimum absolute atomic E-state index is 0.239. The van der Waals surface area contributed by atoms with Crippen LogP contribution in [0.1, 0.15) is 80.4 Å². The van der Waals surface area contributed by atoms with E-state index in [1.165, 1.54) is 32.9 Å². The number of rotatable bonds is 10. The Morgan fingerprint density at radius 1 is 0.622 bits per heavy atom. The number of anilines is 2. The van der Waals surface area contributed by atoms with E-state index in [-0.39, 0.29) is 10.1 Å². The van der Waals surface area contributed by atoms with E-state index in [1.54, 1.807) is 0 Å². The van der Waals surface area contributed by atoms with Gasteiger partial charge >= 0.3 is 0 Å². The number of benzene rings is 2. The highest BCUT2D eigenvalue weighted by atomic mass is 28.3. The van der Waals surface area contributed by atoms with Crippen LogP contribution in [0.15, 0.2) is 36.4 Å². The van der Waals surface area contributed by atoms with E-state index in [4.69, 9.17) is 4.74 Å². The molecule has 0 saturated carbocycles. The largest absolute Gasteiger partial charge is 0.383 e. The SMILES string of the molecule is CC(C)Nc1cccc(COCc2cccc(NC(C)C)c2[Si](C)(C)C(C)(C)C)c1[Si](C)(C)C(C)(C)C. The molecule has 0 fully saturated rings. The molecule has 0 radical (unpaired) electrons. The Labute approximate surface area is 231 Å². The summed E-state index contributed by atoms with van der Waals surface area (Å²) in [4.78, 5) is 0. The lowest BCUT2D eigenvalue weighted by Gasteiger charge is -2.40. The maximum Gasteiger partial charge on any atom is 0.0891 e. The van der Waals surface area contributed by atoms with Crippen LogP contribution in [0.2, 0.25) is 36.3 Å². The third-order valence-corrected chi connectivity index (χ3v) is 19.9. The zero-order valence-corrected chi connectivity index (χ0v) is 28.4. The Hall–Kier alpha value is -1.57. The maximum absolute atomic E-state index is 6.61. The first-order chi connectivity index (χ1) is 16.8. The molecule has 5 heteroatoms. The van der Waals surface area contributed by atoms with Crippen LogP contribution in [0, 0.1) is 0 Å². The van der Waals surface area contributed by atoms with Crippen molar-refractivity contribution in [2.24, 2.45) is 0 Å². The third-order valence-electron chi connectivity index (χ3n) is 8.70. The lowest BCUT2D eigenvalue weighted by atomic mass is 10.1. The van der Waals surface area contributed by atoms with E-state index >= 15 is 0 Å². The van der Waals surface area contributed by atoms with Crippen molar-refractivity contribution in [1.82, 2.24) is 0 Å². The Kier molecular flexibility index (Phi) is 9.98. The Morgan fingerprint density at radius 3 is 1.22 bits per heavy atom. The number of hydrogen-bond acceptors (Lipinski definition) is 3. The van der Waals surface area contributed by atoms with Crippen LogP contribution in [0.4, 0.5) is 11.4 Å². The molecule has 2 aromatic rings. The van der Waals surface area contributed by atoms with Crippen molar-refractivity contribution in [3.8, 4) is 0 Å². The van der Waals surface area contributed by atoms with Gasteiger partial charge in [-0.3, -0.25) is 0 Å². The highest BCUT2D eigenvalue weighted by Crippen LogP contribution is 2.39.